The van der Waals surface area contributed by atoms with Gasteiger partial charge in [0.05, 0.1) is 0 Å². The Morgan fingerprint density at radius 3 is 2.26 bits per heavy atom. The van der Waals surface area contributed by atoms with Gasteiger partial charge in [0.2, 0.25) is 0 Å². The molecule has 0 aliphatic rings. The second-order valence-electron chi connectivity index (χ2n) is 3.91. The van der Waals surface area contributed by atoms with Crippen molar-refractivity contribution < 1.29 is 18.7 Å². The van der Waals surface area contributed by atoms with Crippen molar-refractivity contribution >= 4 is 12.1 Å². The zero-order chi connectivity index (χ0) is 13.7. The van der Waals surface area contributed by atoms with Crippen molar-refractivity contribution in [2.24, 2.45) is 0 Å². The quantitative estimate of drug-likeness (QED) is 0.611. The van der Waals surface area contributed by atoms with Crippen LogP contribution in [0.1, 0.15) is 20.7 Å². The van der Waals surface area contributed by atoms with Crippen LogP contribution >= 0.6 is 0 Å². The number of ketones is 1. The molecule has 0 aliphatic carbocycles. The van der Waals surface area contributed by atoms with E-state index in [0.717, 1.165) is 6.29 Å². The predicted molar refractivity (Wildman–Crippen MR) is 68.1 cm³/mol. The van der Waals surface area contributed by atoms with E-state index >= 15 is 0 Å². The van der Waals surface area contributed by atoms with Gasteiger partial charge in [0.25, 0.3) is 0 Å². The number of carbonyl (C=O) groups excluding carboxylic acids is 2. The van der Waals surface area contributed by atoms with E-state index in [1.54, 1.807) is 24.3 Å². The maximum Gasteiger partial charge on any atom is 0.200 e. The SMILES string of the molecule is O=Cc1ccc(OCC(=O)c2ccc(F)cc2)cc1. The van der Waals surface area contributed by atoms with E-state index in [9.17, 15) is 14.0 Å². The minimum atomic E-state index is -0.387. The van der Waals surface area contributed by atoms with Crippen molar-refractivity contribution in [1.29, 1.82) is 0 Å². The van der Waals surface area contributed by atoms with Crippen molar-refractivity contribution in [3.8, 4) is 5.75 Å². The standard InChI is InChI=1S/C15H11FO3/c16-13-5-3-12(4-6-13)15(18)10-19-14-7-1-11(9-17)2-8-14/h1-9H,10H2. The molecule has 0 atom stereocenters. The van der Waals surface area contributed by atoms with Crippen LogP contribution < -0.4 is 4.74 Å². The molecule has 0 fully saturated rings. The fourth-order valence-electron chi connectivity index (χ4n) is 1.51. The van der Waals surface area contributed by atoms with Gasteiger partial charge in [0, 0.05) is 11.1 Å². The minimum Gasteiger partial charge on any atom is -0.485 e. The summed E-state index contributed by atoms with van der Waals surface area (Å²) in [7, 11) is 0. The number of Topliss-reactive ketones (excluding diaryl/α,β-unsaturated/α-hetero) is 1. The maximum atomic E-state index is 12.7. The van der Waals surface area contributed by atoms with E-state index in [4.69, 9.17) is 4.74 Å². The van der Waals surface area contributed by atoms with E-state index in [1.807, 2.05) is 0 Å². The molecule has 0 amide bonds. The van der Waals surface area contributed by atoms with Crippen molar-refractivity contribution in [2.45, 2.75) is 0 Å². The number of hydrogen-bond acceptors (Lipinski definition) is 3. The Balaban J connectivity index is 1.96. The molecule has 0 saturated carbocycles. The topological polar surface area (TPSA) is 43.4 Å². The molecule has 2 rings (SSSR count). The molecule has 0 N–H and O–H groups in total. The number of hydrogen-bond donors (Lipinski definition) is 0. The first kappa shape index (κ1) is 13.0. The maximum absolute atomic E-state index is 12.7. The predicted octanol–water partition coefficient (Wildman–Crippen LogP) is 2.90. The number of ether oxygens (including phenoxy) is 1. The summed E-state index contributed by atoms with van der Waals surface area (Å²) in [5.41, 5.74) is 0.933. The van der Waals surface area contributed by atoms with Crippen molar-refractivity contribution in [2.75, 3.05) is 6.61 Å². The monoisotopic (exact) mass is 258 g/mol. The number of aldehydes is 1. The van der Waals surface area contributed by atoms with E-state index in [2.05, 4.69) is 0 Å². The highest BCUT2D eigenvalue weighted by molar-refractivity contribution is 5.97. The highest BCUT2D eigenvalue weighted by Gasteiger charge is 2.06. The second-order valence-corrected chi connectivity index (χ2v) is 3.91. The van der Waals surface area contributed by atoms with Gasteiger partial charge in [-0.25, -0.2) is 4.39 Å². The summed E-state index contributed by atoms with van der Waals surface area (Å²) in [4.78, 5) is 22.2. The molecule has 0 unspecified atom stereocenters. The normalized spacial score (nSPS) is 9.95. The molecular weight excluding hydrogens is 247 g/mol. The molecule has 0 bridgehead atoms. The van der Waals surface area contributed by atoms with Crippen LogP contribution in [0.15, 0.2) is 48.5 Å². The molecule has 0 radical (unpaired) electrons. The highest BCUT2D eigenvalue weighted by atomic mass is 19.1. The Hall–Kier alpha value is -2.49. The molecule has 2 aromatic rings. The van der Waals surface area contributed by atoms with Crippen LogP contribution in [0.3, 0.4) is 0 Å². The molecule has 0 saturated heterocycles. The van der Waals surface area contributed by atoms with Crippen LogP contribution in [0, 0.1) is 5.82 Å². The summed E-state index contributed by atoms with van der Waals surface area (Å²) >= 11 is 0. The first-order chi connectivity index (χ1) is 9.19. The number of rotatable bonds is 5. The van der Waals surface area contributed by atoms with Crippen molar-refractivity contribution in [3.63, 3.8) is 0 Å². The van der Waals surface area contributed by atoms with Gasteiger partial charge in [-0.05, 0) is 48.5 Å². The lowest BCUT2D eigenvalue weighted by atomic mass is 10.1. The van der Waals surface area contributed by atoms with Crippen LogP contribution in [0.2, 0.25) is 0 Å². The molecule has 0 aliphatic heterocycles. The average Bonchev–Trinajstić information content (AvgIpc) is 2.46. The van der Waals surface area contributed by atoms with Gasteiger partial charge in [0.15, 0.2) is 12.4 Å². The van der Waals surface area contributed by atoms with Crippen molar-refractivity contribution in [1.82, 2.24) is 0 Å². The van der Waals surface area contributed by atoms with Gasteiger partial charge >= 0.3 is 0 Å². The summed E-state index contributed by atoms with van der Waals surface area (Å²) < 4.78 is 18.0. The fraction of sp³-hybridized carbons (Fsp3) is 0.0667. The molecule has 3 nitrogen and oxygen atoms in total. The lowest BCUT2D eigenvalue weighted by molar-refractivity contribution is 0.0921. The van der Waals surface area contributed by atoms with E-state index in [1.165, 1.54) is 24.3 Å². The molecule has 0 spiro atoms. The zero-order valence-corrected chi connectivity index (χ0v) is 10.0. The van der Waals surface area contributed by atoms with E-state index in [0.29, 0.717) is 16.9 Å². The van der Waals surface area contributed by atoms with Crippen LogP contribution in [0.5, 0.6) is 5.75 Å². The van der Waals surface area contributed by atoms with Gasteiger partial charge in [-0.2, -0.15) is 0 Å². The van der Waals surface area contributed by atoms with Gasteiger partial charge in [-0.3, -0.25) is 9.59 Å². The first-order valence-electron chi connectivity index (χ1n) is 5.66. The molecule has 4 heteroatoms. The van der Waals surface area contributed by atoms with Crippen LogP contribution in [-0.2, 0) is 0 Å². The zero-order valence-electron chi connectivity index (χ0n) is 10.0. The summed E-state index contributed by atoms with van der Waals surface area (Å²) in [6.45, 7) is -0.133. The lowest BCUT2D eigenvalue weighted by Gasteiger charge is -2.05. The number of carbonyl (C=O) groups is 2. The molecule has 0 heterocycles. The number of benzene rings is 2. The van der Waals surface area contributed by atoms with Gasteiger partial charge in [-0.15, -0.1) is 0 Å². The van der Waals surface area contributed by atoms with Gasteiger partial charge in [0.1, 0.15) is 17.9 Å². The van der Waals surface area contributed by atoms with Gasteiger partial charge in [-0.1, -0.05) is 0 Å². The van der Waals surface area contributed by atoms with Crippen LogP contribution in [-0.4, -0.2) is 18.7 Å². The van der Waals surface area contributed by atoms with E-state index < -0.39 is 0 Å². The molecule has 96 valence electrons. The average molecular weight is 258 g/mol. The molecule has 19 heavy (non-hydrogen) atoms. The second kappa shape index (κ2) is 5.91. The highest BCUT2D eigenvalue weighted by Crippen LogP contribution is 2.12. The van der Waals surface area contributed by atoms with Gasteiger partial charge < -0.3 is 4.74 Å². The molecular formula is C15H11FO3. The Kier molecular flexibility index (Phi) is 4.03. The number of halogens is 1. The van der Waals surface area contributed by atoms with Crippen LogP contribution in [0.25, 0.3) is 0 Å². The van der Waals surface area contributed by atoms with Crippen molar-refractivity contribution in [3.05, 3.63) is 65.5 Å². The molecule has 0 aromatic heterocycles. The fourth-order valence-corrected chi connectivity index (χ4v) is 1.51. The van der Waals surface area contributed by atoms with Crippen LogP contribution in [0.4, 0.5) is 4.39 Å². The first-order valence-corrected chi connectivity index (χ1v) is 5.66. The Labute approximate surface area is 109 Å². The minimum absolute atomic E-state index is 0.133. The summed E-state index contributed by atoms with van der Waals surface area (Å²) in [6.07, 6.45) is 0.730. The largest absolute Gasteiger partial charge is 0.485 e. The Morgan fingerprint density at radius 2 is 1.68 bits per heavy atom. The summed E-state index contributed by atoms with van der Waals surface area (Å²) in [5.74, 6) is -0.123. The third kappa shape index (κ3) is 3.48. The van der Waals surface area contributed by atoms with E-state index in [-0.39, 0.29) is 18.2 Å². The third-order valence-electron chi connectivity index (χ3n) is 2.55. The summed E-state index contributed by atoms with van der Waals surface area (Å²) in [5, 5.41) is 0. The third-order valence-corrected chi connectivity index (χ3v) is 2.55. The smallest absolute Gasteiger partial charge is 0.200 e. The lowest BCUT2D eigenvalue weighted by Crippen LogP contribution is -2.11. The summed E-state index contributed by atoms with van der Waals surface area (Å²) in [6, 6.07) is 11.7. The Morgan fingerprint density at radius 1 is 1.05 bits per heavy atom. The Bertz CT molecular complexity index is 573. The molecule has 2 aromatic carbocycles.